The topological polar surface area (TPSA) is 49.4 Å². The van der Waals surface area contributed by atoms with E-state index >= 15 is 0 Å². The van der Waals surface area contributed by atoms with E-state index in [1.807, 2.05) is 43.1 Å². The molecule has 31 heavy (non-hydrogen) atoms. The molecule has 5 rings (SSSR count). The average Bonchev–Trinajstić information content (AvgIpc) is 3.14. The van der Waals surface area contributed by atoms with Crippen molar-refractivity contribution < 1.29 is 9.59 Å². The molecule has 0 aromatic heterocycles. The van der Waals surface area contributed by atoms with Crippen LogP contribution >= 0.6 is 0 Å². The summed E-state index contributed by atoms with van der Waals surface area (Å²) in [5.74, 6) is 1.21. The van der Waals surface area contributed by atoms with E-state index in [0.29, 0.717) is 23.7 Å². The summed E-state index contributed by atoms with van der Waals surface area (Å²) in [6.07, 6.45) is 10.7. The third-order valence-electron chi connectivity index (χ3n) is 9.46. The van der Waals surface area contributed by atoms with Crippen molar-refractivity contribution in [2.24, 2.45) is 34.5 Å². The maximum atomic E-state index is 13.2. The summed E-state index contributed by atoms with van der Waals surface area (Å²) in [4.78, 5) is 28.3. The predicted octanol–water partition coefficient (Wildman–Crippen LogP) is 5.54. The highest BCUT2D eigenvalue weighted by molar-refractivity contribution is 6.07. The average molecular weight is 421 g/mol. The second-order valence-corrected chi connectivity index (χ2v) is 11.2. The van der Waals surface area contributed by atoms with Crippen LogP contribution in [0.15, 0.2) is 36.0 Å². The van der Waals surface area contributed by atoms with Crippen LogP contribution in [0.25, 0.3) is 0 Å². The smallest absolute Gasteiger partial charge is 0.239 e. The maximum absolute atomic E-state index is 13.2. The van der Waals surface area contributed by atoms with Crippen LogP contribution in [0.2, 0.25) is 0 Å². The lowest BCUT2D eigenvalue weighted by Gasteiger charge is -2.58. The van der Waals surface area contributed by atoms with E-state index in [9.17, 15) is 9.59 Å². The molecule has 166 valence electrons. The minimum Gasteiger partial charge on any atom is -0.325 e. The molecular formula is C27H36N2O2. The van der Waals surface area contributed by atoms with Crippen molar-refractivity contribution in [3.05, 3.63) is 41.6 Å². The van der Waals surface area contributed by atoms with Crippen LogP contribution in [0.4, 0.5) is 5.69 Å². The van der Waals surface area contributed by atoms with Crippen molar-refractivity contribution >= 4 is 17.5 Å². The number of amides is 2. The lowest BCUT2D eigenvalue weighted by Crippen LogP contribution is -2.57. The first-order chi connectivity index (χ1) is 14.7. The molecule has 1 N–H and O–H groups in total. The first-order valence-corrected chi connectivity index (χ1v) is 12.1. The first-order valence-electron chi connectivity index (χ1n) is 12.1. The van der Waals surface area contributed by atoms with Crippen molar-refractivity contribution in [3.63, 3.8) is 0 Å². The molecule has 2 amide bonds. The van der Waals surface area contributed by atoms with Gasteiger partial charge >= 0.3 is 0 Å². The van der Waals surface area contributed by atoms with Crippen molar-refractivity contribution in [2.45, 2.75) is 65.7 Å². The van der Waals surface area contributed by atoms with Crippen molar-refractivity contribution in [1.29, 1.82) is 0 Å². The van der Waals surface area contributed by atoms with Crippen molar-refractivity contribution in [3.8, 4) is 0 Å². The van der Waals surface area contributed by atoms with Crippen LogP contribution in [-0.2, 0) is 9.59 Å². The van der Waals surface area contributed by atoms with E-state index in [-0.39, 0.29) is 17.2 Å². The summed E-state index contributed by atoms with van der Waals surface area (Å²) in [5, 5.41) is 3.01. The van der Waals surface area contributed by atoms with Crippen molar-refractivity contribution in [1.82, 2.24) is 4.90 Å². The molecule has 0 bridgehead atoms. The van der Waals surface area contributed by atoms with Gasteiger partial charge in [0.25, 0.3) is 0 Å². The third kappa shape index (κ3) is 3.16. The number of aryl methyl sites for hydroxylation is 1. The molecule has 4 heteroatoms. The maximum Gasteiger partial charge on any atom is 0.239 e. The fourth-order valence-electron chi connectivity index (χ4n) is 7.78. The normalized spacial score (nSPS) is 39.3. The number of fused-ring (bicyclic) bond motifs is 5. The van der Waals surface area contributed by atoms with Gasteiger partial charge in [-0.2, -0.15) is 0 Å². The summed E-state index contributed by atoms with van der Waals surface area (Å²) in [6.45, 7) is 6.87. The summed E-state index contributed by atoms with van der Waals surface area (Å²) in [5.41, 5.74) is 3.48. The van der Waals surface area contributed by atoms with Crippen LogP contribution < -0.4 is 5.32 Å². The molecular weight excluding hydrogens is 384 g/mol. The zero-order valence-electron chi connectivity index (χ0n) is 19.4. The molecule has 4 aliphatic rings. The molecule has 0 radical (unpaired) electrons. The molecule has 1 saturated heterocycles. The Labute approximate surface area is 186 Å². The molecule has 3 aliphatic carbocycles. The Kier molecular flexibility index (Phi) is 4.84. The molecule has 1 heterocycles. The number of carbonyl (C=O) groups excluding carboxylic acids is 2. The second-order valence-electron chi connectivity index (χ2n) is 11.2. The van der Waals surface area contributed by atoms with Gasteiger partial charge in [-0.05, 0) is 80.8 Å². The van der Waals surface area contributed by atoms with E-state index in [4.69, 9.17) is 0 Å². The third-order valence-corrected chi connectivity index (χ3v) is 9.46. The molecule has 2 saturated carbocycles. The van der Waals surface area contributed by atoms with E-state index < -0.39 is 5.92 Å². The summed E-state index contributed by atoms with van der Waals surface area (Å²) >= 11 is 0. The van der Waals surface area contributed by atoms with Crippen molar-refractivity contribution in [2.75, 3.05) is 12.4 Å². The summed E-state index contributed by atoms with van der Waals surface area (Å²) in [7, 11) is 1.88. The highest BCUT2D eigenvalue weighted by Gasteiger charge is 2.59. The highest BCUT2D eigenvalue weighted by Crippen LogP contribution is 2.64. The number of allylic oxidation sites excluding steroid dienone is 2. The molecule has 1 unspecified atom stereocenters. The van der Waals surface area contributed by atoms with Gasteiger partial charge < -0.3 is 10.2 Å². The largest absolute Gasteiger partial charge is 0.325 e. The van der Waals surface area contributed by atoms with E-state index in [0.717, 1.165) is 23.6 Å². The Morgan fingerprint density at radius 1 is 1.10 bits per heavy atom. The Balaban J connectivity index is 1.43. The quantitative estimate of drug-likeness (QED) is 0.639. The SMILES string of the molecule is Cc1ccc(NC(=O)C2C[C@@]3(C)C(=CC[C@@H]4[C@H]3CC[C@]3(C)CCC[C@@H]43)N(C)C2=O)cc1. The number of nitrogens with zero attached hydrogens (tertiary/aromatic N) is 1. The number of benzene rings is 1. The second kappa shape index (κ2) is 7.21. The number of carbonyl (C=O) groups is 2. The number of likely N-dealkylation sites (tertiary alicyclic amines) is 1. The van der Waals surface area contributed by atoms with Gasteiger partial charge in [0.05, 0.1) is 0 Å². The number of hydrogen-bond donors (Lipinski definition) is 1. The van der Waals surface area contributed by atoms with E-state index in [1.54, 1.807) is 0 Å². The minimum absolute atomic E-state index is 0.0618. The lowest BCUT2D eigenvalue weighted by atomic mass is 9.49. The fraction of sp³-hybridized carbons (Fsp3) is 0.630. The zero-order chi connectivity index (χ0) is 22.0. The summed E-state index contributed by atoms with van der Waals surface area (Å²) < 4.78 is 0. The van der Waals surface area contributed by atoms with E-state index in [2.05, 4.69) is 25.2 Å². The number of anilines is 1. The molecule has 1 aromatic rings. The molecule has 0 spiro atoms. The van der Waals surface area contributed by atoms with Gasteiger partial charge in [0.15, 0.2) is 0 Å². The number of piperidine rings is 1. The Morgan fingerprint density at radius 2 is 1.84 bits per heavy atom. The Morgan fingerprint density at radius 3 is 2.58 bits per heavy atom. The van der Waals surface area contributed by atoms with Crippen LogP contribution in [0.1, 0.15) is 64.4 Å². The molecule has 1 aromatic carbocycles. The van der Waals surface area contributed by atoms with Gasteiger partial charge in [0, 0.05) is 23.8 Å². The number of nitrogens with one attached hydrogen (secondary N) is 1. The molecule has 3 fully saturated rings. The van der Waals surface area contributed by atoms with Crippen LogP contribution in [0.3, 0.4) is 0 Å². The minimum atomic E-state index is -0.621. The predicted molar refractivity (Wildman–Crippen MR) is 123 cm³/mol. The van der Waals surface area contributed by atoms with Gasteiger partial charge in [-0.3, -0.25) is 9.59 Å². The van der Waals surface area contributed by atoms with Crippen LogP contribution in [0.5, 0.6) is 0 Å². The Hall–Kier alpha value is -2.10. The van der Waals surface area contributed by atoms with Gasteiger partial charge in [-0.25, -0.2) is 0 Å². The van der Waals surface area contributed by atoms with Gasteiger partial charge in [-0.1, -0.05) is 44.0 Å². The van der Waals surface area contributed by atoms with Crippen LogP contribution in [0, 0.1) is 41.4 Å². The molecule has 6 atom stereocenters. The van der Waals surface area contributed by atoms with Gasteiger partial charge in [0.2, 0.25) is 11.8 Å². The lowest BCUT2D eigenvalue weighted by molar-refractivity contribution is -0.147. The van der Waals surface area contributed by atoms with E-state index in [1.165, 1.54) is 37.8 Å². The van der Waals surface area contributed by atoms with Crippen LogP contribution in [-0.4, -0.2) is 23.8 Å². The molecule has 4 nitrogen and oxygen atoms in total. The number of rotatable bonds is 2. The first kappa shape index (κ1) is 20.8. The number of hydrogen-bond acceptors (Lipinski definition) is 2. The standard InChI is InChI=1S/C27H36N2O2/c1-17-7-9-18(10-8-17)28-24(30)20-16-27(3)22-13-15-26(2)14-5-6-21(26)19(22)11-12-23(27)29(4)25(20)31/h7-10,12,19-22H,5-6,11,13-16H2,1-4H3,(H,28,30)/t19-,20?,21-,22+,26-,27+/m0/s1. The highest BCUT2D eigenvalue weighted by atomic mass is 16.2. The Bertz CT molecular complexity index is 935. The van der Waals surface area contributed by atoms with Gasteiger partial charge in [-0.15, -0.1) is 0 Å². The summed E-state index contributed by atoms with van der Waals surface area (Å²) in [6, 6.07) is 7.80. The monoisotopic (exact) mass is 420 g/mol. The fourth-order valence-corrected chi connectivity index (χ4v) is 7.78. The van der Waals surface area contributed by atoms with Gasteiger partial charge in [0.1, 0.15) is 5.92 Å². The zero-order valence-corrected chi connectivity index (χ0v) is 19.4. The molecule has 1 aliphatic heterocycles.